The summed E-state index contributed by atoms with van der Waals surface area (Å²) in [5.41, 5.74) is 1.20. The van der Waals surface area contributed by atoms with Crippen LogP contribution in [0.1, 0.15) is 5.56 Å². The van der Waals surface area contributed by atoms with Crippen LogP contribution in [0, 0.1) is 0 Å². The summed E-state index contributed by atoms with van der Waals surface area (Å²) in [6, 6.07) is 7.86. The lowest BCUT2D eigenvalue weighted by molar-refractivity contribution is 0.414. The van der Waals surface area contributed by atoms with Gasteiger partial charge in [0.25, 0.3) is 0 Å². The summed E-state index contributed by atoms with van der Waals surface area (Å²) in [6.45, 7) is 0.402. The molecular formula is C12H13NO2. The molecule has 1 aromatic carbocycles. The molecule has 78 valence electrons. The maximum atomic E-state index is 9.77. The monoisotopic (exact) mass is 203 g/mol. The minimum Gasteiger partial charge on any atom is -0.497 e. The number of allylic oxidation sites excluding steroid dienone is 1. The quantitative estimate of drug-likeness (QED) is 0.417. The summed E-state index contributed by atoms with van der Waals surface area (Å²) in [5, 5.41) is 0. The van der Waals surface area contributed by atoms with Gasteiger partial charge in [-0.2, -0.15) is 0 Å². The molecule has 0 bridgehead atoms. The van der Waals surface area contributed by atoms with E-state index in [0.29, 0.717) is 6.54 Å². The second-order valence-electron chi connectivity index (χ2n) is 2.96. The van der Waals surface area contributed by atoms with Crippen LogP contribution in [0.3, 0.4) is 0 Å². The van der Waals surface area contributed by atoms with Gasteiger partial charge >= 0.3 is 0 Å². The lowest BCUT2D eigenvalue weighted by Crippen LogP contribution is -1.84. The average molecular weight is 203 g/mol. The van der Waals surface area contributed by atoms with Gasteiger partial charge in [-0.05, 0) is 24.1 Å². The molecule has 1 aromatic rings. The molecule has 0 aliphatic heterocycles. The van der Waals surface area contributed by atoms with E-state index < -0.39 is 0 Å². The van der Waals surface area contributed by atoms with Gasteiger partial charge < -0.3 is 4.74 Å². The van der Waals surface area contributed by atoms with Crippen molar-refractivity contribution in [1.29, 1.82) is 0 Å². The van der Waals surface area contributed by atoms with E-state index in [1.165, 1.54) is 11.6 Å². The molecule has 0 radical (unpaired) electrons. The second-order valence-corrected chi connectivity index (χ2v) is 2.96. The van der Waals surface area contributed by atoms with Crippen molar-refractivity contribution in [2.45, 2.75) is 6.42 Å². The molecule has 3 nitrogen and oxygen atoms in total. The molecule has 3 heteroatoms. The van der Waals surface area contributed by atoms with Crippen LogP contribution < -0.4 is 4.74 Å². The molecule has 0 N–H and O–H groups in total. The molecule has 0 atom stereocenters. The van der Waals surface area contributed by atoms with Crippen LogP contribution in [0.5, 0.6) is 5.75 Å². The Bertz CT molecular complexity index is 362. The molecule has 0 saturated carbocycles. The highest BCUT2D eigenvalue weighted by Crippen LogP contribution is 2.11. The van der Waals surface area contributed by atoms with Crippen LogP contribution in [0.15, 0.2) is 41.4 Å². The summed E-state index contributed by atoms with van der Waals surface area (Å²) in [6.07, 6.45) is 6.14. The zero-order chi connectivity index (χ0) is 10.9. The molecule has 0 aliphatic rings. The summed E-state index contributed by atoms with van der Waals surface area (Å²) in [4.78, 5) is 13.2. The molecule has 0 saturated heterocycles. The van der Waals surface area contributed by atoms with Crippen molar-refractivity contribution < 1.29 is 9.53 Å². The topological polar surface area (TPSA) is 38.7 Å². The Morgan fingerprint density at radius 1 is 1.33 bits per heavy atom. The van der Waals surface area contributed by atoms with Gasteiger partial charge in [0.2, 0.25) is 6.08 Å². The first-order chi connectivity index (χ1) is 7.36. The van der Waals surface area contributed by atoms with E-state index in [9.17, 15) is 4.79 Å². The van der Waals surface area contributed by atoms with Crippen molar-refractivity contribution in [1.82, 2.24) is 0 Å². The fourth-order valence-electron chi connectivity index (χ4n) is 1.15. The van der Waals surface area contributed by atoms with Crippen LogP contribution in [-0.4, -0.2) is 19.7 Å². The molecule has 0 aliphatic carbocycles. The summed E-state index contributed by atoms with van der Waals surface area (Å²) >= 11 is 0. The summed E-state index contributed by atoms with van der Waals surface area (Å²) < 4.78 is 5.05. The number of nitrogens with zero attached hydrogens (tertiary/aromatic N) is 1. The van der Waals surface area contributed by atoms with Gasteiger partial charge in [-0.3, -0.25) is 0 Å². The standard InChI is InChI=1S/C12H13NO2/c1-15-12-7-5-11(6-8-12)4-2-3-9-13-10-14/h2-3,5-8H,4,9H2,1H3/b3-2-. The highest BCUT2D eigenvalue weighted by atomic mass is 16.5. The van der Waals surface area contributed by atoms with Gasteiger partial charge in [0.1, 0.15) is 5.75 Å². The average Bonchev–Trinajstić information content (AvgIpc) is 2.30. The van der Waals surface area contributed by atoms with Crippen LogP contribution >= 0.6 is 0 Å². The largest absolute Gasteiger partial charge is 0.497 e. The van der Waals surface area contributed by atoms with E-state index in [2.05, 4.69) is 4.99 Å². The van der Waals surface area contributed by atoms with Crippen LogP contribution in [0.4, 0.5) is 0 Å². The Morgan fingerprint density at radius 2 is 2.07 bits per heavy atom. The van der Waals surface area contributed by atoms with Crippen molar-refractivity contribution in [3.05, 3.63) is 42.0 Å². The first kappa shape index (κ1) is 11.2. The SMILES string of the molecule is COc1ccc(C/C=C\CN=C=O)cc1. The van der Waals surface area contributed by atoms with Crippen LogP contribution in [0.25, 0.3) is 0 Å². The number of hydrogen-bond donors (Lipinski definition) is 0. The molecular weight excluding hydrogens is 190 g/mol. The molecule has 0 amide bonds. The normalized spacial score (nSPS) is 9.93. The fourth-order valence-corrected chi connectivity index (χ4v) is 1.15. The molecule has 0 unspecified atom stereocenters. The highest BCUT2D eigenvalue weighted by molar-refractivity contribution is 5.33. The Balaban J connectivity index is 2.43. The van der Waals surface area contributed by atoms with Crippen molar-refractivity contribution in [3.8, 4) is 5.75 Å². The predicted molar refractivity (Wildman–Crippen MR) is 58.8 cm³/mol. The minimum absolute atomic E-state index is 0.402. The summed E-state index contributed by atoms with van der Waals surface area (Å²) in [5.74, 6) is 0.855. The smallest absolute Gasteiger partial charge is 0.235 e. The van der Waals surface area contributed by atoms with Gasteiger partial charge in [-0.25, -0.2) is 9.79 Å². The molecule has 0 fully saturated rings. The minimum atomic E-state index is 0.402. The second kappa shape index (κ2) is 6.57. The van der Waals surface area contributed by atoms with Gasteiger partial charge in [-0.15, -0.1) is 0 Å². The number of aliphatic imine (C=N–C) groups is 1. The molecule has 0 spiro atoms. The van der Waals surface area contributed by atoms with E-state index >= 15 is 0 Å². The molecule has 1 rings (SSSR count). The fraction of sp³-hybridized carbons (Fsp3) is 0.250. The van der Waals surface area contributed by atoms with E-state index in [0.717, 1.165) is 12.2 Å². The third-order valence-corrected chi connectivity index (χ3v) is 1.94. The highest BCUT2D eigenvalue weighted by Gasteiger charge is 1.91. The first-order valence-corrected chi connectivity index (χ1v) is 4.68. The van der Waals surface area contributed by atoms with E-state index in [4.69, 9.17) is 4.74 Å². The molecule has 0 heterocycles. The third-order valence-electron chi connectivity index (χ3n) is 1.94. The van der Waals surface area contributed by atoms with Gasteiger partial charge in [-0.1, -0.05) is 24.3 Å². The van der Waals surface area contributed by atoms with Crippen LogP contribution in [-0.2, 0) is 11.2 Å². The van der Waals surface area contributed by atoms with Gasteiger partial charge in [0.15, 0.2) is 0 Å². The Kier molecular flexibility index (Phi) is 4.91. The number of isocyanates is 1. The molecule has 0 aromatic heterocycles. The lowest BCUT2D eigenvalue weighted by Gasteiger charge is -2.00. The van der Waals surface area contributed by atoms with Crippen molar-refractivity contribution in [2.24, 2.45) is 4.99 Å². The number of hydrogen-bond acceptors (Lipinski definition) is 3. The van der Waals surface area contributed by atoms with E-state index in [1.54, 1.807) is 7.11 Å². The molecule has 15 heavy (non-hydrogen) atoms. The zero-order valence-electron chi connectivity index (χ0n) is 8.64. The number of rotatable bonds is 5. The first-order valence-electron chi connectivity index (χ1n) is 4.68. The number of carbonyl (C=O) groups excluding carboxylic acids is 1. The number of ether oxygens (including phenoxy) is 1. The Hall–Kier alpha value is -1.86. The van der Waals surface area contributed by atoms with E-state index in [-0.39, 0.29) is 0 Å². The third kappa shape index (κ3) is 4.25. The van der Waals surface area contributed by atoms with Gasteiger partial charge in [0, 0.05) is 0 Å². The van der Waals surface area contributed by atoms with Gasteiger partial charge in [0.05, 0.1) is 13.7 Å². The predicted octanol–water partition coefficient (Wildman–Crippen LogP) is 2.13. The summed E-state index contributed by atoms with van der Waals surface area (Å²) in [7, 11) is 1.65. The lowest BCUT2D eigenvalue weighted by atomic mass is 10.1. The van der Waals surface area contributed by atoms with Crippen molar-refractivity contribution in [2.75, 3.05) is 13.7 Å². The maximum absolute atomic E-state index is 9.77. The number of benzene rings is 1. The zero-order valence-corrected chi connectivity index (χ0v) is 8.64. The van der Waals surface area contributed by atoms with Crippen LogP contribution in [0.2, 0.25) is 0 Å². The Labute approximate surface area is 89.1 Å². The van der Waals surface area contributed by atoms with E-state index in [1.807, 2.05) is 36.4 Å². The van der Waals surface area contributed by atoms with Crippen molar-refractivity contribution >= 4 is 6.08 Å². The van der Waals surface area contributed by atoms with Crippen molar-refractivity contribution in [3.63, 3.8) is 0 Å². The number of methoxy groups -OCH3 is 1. The Morgan fingerprint density at radius 3 is 2.67 bits per heavy atom. The maximum Gasteiger partial charge on any atom is 0.235 e.